The van der Waals surface area contributed by atoms with Crippen LogP contribution in [-0.2, 0) is 16.1 Å². The average molecular weight is 424 g/mol. The number of hydrogen-bond acceptors (Lipinski definition) is 9. The molecule has 4 rings (SSSR count). The number of hydrogen-bond donors (Lipinski definition) is 1. The molecule has 0 radical (unpaired) electrons. The van der Waals surface area contributed by atoms with Crippen LogP contribution >= 0.6 is 0 Å². The smallest absolute Gasteiger partial charge is 0.251 e. The molecule has 2 aromatic heterocycles. The zero-order chi connectivity index (χ0) is 21.6. The minimum absolute atomic E-state index is 0.00215. The molecule has 162 valence electrons. The Morgan fingerprint density at radius 2 is 2.19 bits per heavy atom. The highest BCUT2D eigenvalue weighted by molar-refractivity contribution is 5.93. The molecule has 3 heterocycles. The van der Waals surface area contributed by atoms with Gasteiger partial charge in [-0.25, -0.2) is 9.97 Å². The molecule has 0 unspecified atom stereocenters. The van der Waals surface area contributed by atoms with Gasteiger partial charge in [0.2, 0.25) is 11.7 Å². The molecule has 1 fully saturated rings. The van der Waals surface area contributed by atoms with Gasteiger partial charge in [-0.1, -0.05) is 23.4 Å². The van der Waals surface area contributed by atoms with Gasteiger partial charge in [0.1, 0.15) is 24.5 Å². The number of anilines is 1. The van der Waals surface area contributed by atoms with Crippen molar-refractivity contribution in [2.75, 3.05) is 32.7 Å². The van der Waals surface area contributed by atoms with Crippen molar-refractivity contribution in [2.45, 2.75) is 25.4 Å². The molecule has 1 amide bonds. The van der Waals surface area contributed by atoms with Gasteiger partial charge < -0.3 is 19.3 Å². The Morgan fingerprint density at radius 1 is 1.32 bits per heavy atom. The average Bonchev–Trinajstić information content (AvgIpc) is 3.44. The van der Waals surface area contributed by atoms with E-state index in [1.54, 1.807) is 13.3 Å². The van der Waals surface area contributed by atoms with Crippen LogP contribution < -0.4 is 10.1 Å². The molecule has 10 nitrogen and oxygen atoms in total. The van der Waals surface area contributed by atoms with Gasteiger partial charge in [-0.2, -0.15) is 4.98 Å². The molecule has 1 saturated heterocycles. The third-order valence-corrected chi connectivity index (χ3v) is 5.14. The number of carbonyl (C=O) groups is 1. The summed E-state index contributed by atoms with van der Waals surface area (Å²) in [5.74, 6) is 1.69. The van der Waals surface area contributed by atoms with E-state index in [0.717, 1.165) is 37.2 Å². The van der Waals surface area contributed by atoms with Gasteiger partial charge in [0, 0.05) is 25.4 Å². The van der Waals surface area contributed by atoms with Crippen molar-refractivity contribution in [3.8, 4) is 17.1 Å². The number of carbonyl (C=O) groups excluding carboxylic acids is 1. The minimum Gasteiger partial charge on any atom is -0.496 e. The third kappa shape index (κ3) is 4.70. The number of amides is 1. The first-order valence-corrected chi connectivity index (χ1v) is 9.98. The number of nitrogens with zero attached hydrogens (tertiary/aromatic N) is 5. The van der Waals surface area contributed by atoms with E-state index in [4.69, 9.17) is 14.0 Å². The predicted molar refractivity (Wildman–Crippen MR) is 111 cm³/mol. The fourth-order valence-corrected chi connectivity index (χ4v) is 3.72. The summed E-state index contributed by atoms with van der Waals surface area (Å²) in [6.07, 6.45) is 4.84. The van der Waals surface area contributed by atoms with E-state index in [1.807, 2.05) is 18.2 Å². The summed E-state index contributed by atoms with van der Waals surface area (Å²) in [7, 11) is 3.12. The zero-order valence-electron chi connectivity index (χ0n) is 17.4. The lowest BCUT2D eigenvalue weighted by molar-refractivity contribution is -0.119. The van der Waals surface area contributed by atoms with Gasteiger partial charge >= 0.3 is 0 Å². The van der Waals surface area contributed by atoms with Crippen LogP contribution in [0.3, 0.4) is 0 Å². The van der Waals surface area contributed by atoms with Crippen molar-refractivity contribution >= 4 is 11.7 Å². The second-order valence-corrected chi connectivity index (χ2v) is 7.16. The predicted octanol–water partition coefficient (Wildman–Crippen LogP) is 2.46. The second kappa shape index (κ2) is 9.63. The first-order chi connectivity index (χ1) is 15.2. The molecule has 1 atom stereocenters. The third-order valence-electron chi connectivity index (χ3n) is 5.14. The molecule has 0 spiro atoms. The molecule has 3 aromatic rings. The summed E-state index contributed by atoms with van der Waals surface area (Å²) in [4.78, 5) is 27.0. The van der Waals surface area contributed by atoms with Gasteiger partial charge in [-0.3, -0.25) is 9.69 Å². The van der Waals surface area contributed by atoms with Crippen molar-refractivity contribution in [1.82, 2.24) is 25.0 Å². The molecule has 1 aliphatic rings. The molecule has 1 aromatic carbocycles. The maximum Gasteiger partial charge on any atom is 0.251 e. The highest BCUT2D eigenvalue weighted by Crippen LogP contribution is 2.35. The normalized spacial score (nSPS) is 16.4. The highest BCUT2D eigenvalue weighted by Gasteiger charge is 2.31. The summed E-state index contributed by atoms with van der Waals surface area (Å²) in [5, 5.41) is 6.80. The Bertz CT molecular complexity index is 1040. The Morgan fingerprint density at radius 3 is 3.03 bits per heavy atom. The van der Waals surface area contributed by atoms with E-state index in [1.165, 1.54) is 13.4 Å². The summed E-state index contributed by atoms with van der Waals surface area (Å²) < 4.78 is 15.9. The van der Waals surface area contributed by atoms with Gasteiger partial charge in [0.15, 0.2) is 0 Å². The van der Waals surface area contributed by atoms with Crippen LogP contribution in [0.1, 0.15) is 30.3 Å². The van der Waals surface area contributed by atoms with Gasteiger partial charge in [-0.05, 0) is 25.5 Å². The van der Waals surface area contributed by atoms with Crippen molar-refractivity contribution in [3.63, 3.8) is 0 Å². The van der Waals surface area contributed by atoms with Crippen LogP contribution in [0.5, 0.6) is 5.75 Å². The van der Waals surface area contributed by atoms with Crippen molar-refractivity contribution in [2.24, 2.45) is 0 Å². The number of methoxy groups -OCH3 is 2. The largest absolute Gasteiger partial charge is 0.496 e. The Kier molecular flexibility index (Phi) is 6.48. The molecule has 31 heavy (non-hydrogen) atoms. The first-order valence-electron chi connectivity index (χ1n) is 9.98. The lowest BCUT2D eigenvalue weighted by atomic mass is 10.1. The monoisotopic (exact) mass is 424 g/mol. The van der Waals surface area contributed by atoms with Crippen LogP contribution in [0, 0.1) is 0 Å². The highest BCUT2D eigenvalue weighted by atomic mass is 16.5. The summed E-state index contributed by atoms with van der Waals surface area (Å²) in [6.45, 7) is 1.56. The minimum atomic E-state index is -0.329. The number of aromatic nitrogens is 4. The molecule has 1 aliphatic heterocycles. The maximum absolute atomic E-state index is 11.9. The lowest BCUT2D eigenvalue weighted by Crippen LogP contribution is -2.23. The summed E-state index contributed by atoms with van der Waals surface area (Å²) in [5.41, 5.74) is 1.59. The summed E-state index contributed by atoms with van der Waals surface area (Å²) in [6, 6.07) is 7.98. The molecule has 0 aliphatic carbocycles. The van der Waals surface area contributed by atoms with E-state index >= 15 is 0 Å². The van der Waals surface area contributed by atoms with Crippen molar-refractivity contribution in [1.29, 1.82) is 0 Å². The van der Waals surface area contributed by atoms with E-state index < -0.39 is 0 Å². The van der Waals surface area contributed by atoms with Crippen LogP contribution in [0.4, 0.5) is 5.82 Å². The second-order valence-electron chi connectivity index (χ2n) is 7.16. The lowest BCUT2D eigenvalue weighted by Gasteiger charge is -2.22. The molecule has 1 N–H and O–H groups in total. The van der Waals surface area contributed by atoms with E-state index in [9.17, 15) is 4.79 Å². The number of rotatable bonds is 8. The molecular weight excluding hydrogens is 400 g/mol. The molecule has 0 bridgehead atoms. The molecular formula is C21H24N6O4. The number of nitrogens with one attached hydrogen (secondary N) is 1. The van der Waals surface area contributed by atoms with Gasteiger partial charge in [0.25, 0.3) is 5.91 Å². The number of benzene rings is 1. The molecule has 0 saturated carbocycles. The SMILES string of the molecule is COCC(=O)Nc1ncncc1-c1noc([C@H]2CCCN2Cc2ccccc2OC)n1. The Balaban J connectivity index is 1.54. The zero-order valence-corrected chi connectivity index (χ0v) is 17.4. The Labute approximate surface area is 179 Å². The first kappa shape index (κ1) is 20.9. The van der Waals surface area contributed by atoms with Crippen LogP contribution in [0.15, 0.2) is 41.3 Å². The molecule has 10 heteroatoms. The van der Waals surface area contributed by atoms with Gasteiger partial charge in [0.05, 0.1) is 18.7 Å². The fraction of sp³-hybridized carbons (Fsp3) is 0.381. The van der Waals surface area contributed by atoms with E-state index in [0.29, 0.717) is 23.1 Å². The van der Waals surface area contributed by atoms with E-state index in [2.05, 4.69) is 36.4 Å². The topological polar surface area (TPSA) is 116 Å². The quantitative estimate of drug-likeness (QED) is 0.582. The van der Waals surface area contributed by atoms with Gasteiger partial charge in [-0.15, -0.1) is 0 Å². The van der Waals surface area contributed by atoms with Crippen LogP contribution in [0.2, 0.25) is 0 Å². The van der Waals surface area contributed by atoms with E-state index in [-0.39, 0.29) is 18.6 Å². The number of likely N-dealkylation sites (tertiary alicyclic amines) is 1. The van der Waals surface area contributed by atoms with Crippen molar-refractivity contribution < 1.29 is 18.8 Å². The number of ether oxygens (including phenoxy) is 2. The van der Waals surface area contributed by atoms with Crippen molar-refractivity contribution in [3.05, 3.63) is 48.2 Å². The number of para-hydroxylation sites is 1. The fourth-order valence-electron chi connectivity index (χ4n) is 3.72. The van der Waals surface area contributed by atoms with Crippen LogP contribution in [0.25, 0.3) is 11.4 Å². The maximum atomic E-state index is 11.9. The van der Waals surface area contributed by atoms with Crippen LogP contribution in [-0.4, -0.2) is 58.3 Å². The Hall–Kier alpha value is -3.37. The standard InChI is InChI=1S/C21H24N6O4/c1-29-12-18(28)24-19-15(10-22-13-23-19)20-25-21(31-26-20)16-7-5-9-27(16)11-14-6-3-4-8-17(14)30-2/h3-4,6,8,10,13,16H,5,7,9,11-12H2,1-2H3,(H,22,23,24,28)/t16-/m1/s1. The summed E-state index contributed by atoms with van der Waals surface area (Å²) >= 11 is 0.